The molecule has 22 heteroatoms. The van der Waals surface area contributed by atoms with Crippen molar-refractivity contribution < 1.29 is 40.2 Å². The zero-order chi connectivity index (χ0) is 40.9. The average molecular weight is 852 g/mol. The van der Waals surface area contributed by atoms with E-state index in [0.717, 1.165) is 5.56 Å². The number of ether oxygens (including phenoxy) is 2. The van der Waals surface area contributed by atoms with Gasteiger partial charge in [-0.2, -0.15) is 55.5 Å². The van der Waals surface area contributed by atoms with Crippen LogP contribution in [0.3, 0.4) is 0 Å². The first-order chi connectivity index (χ1) is 26.4. The lowest BCUT2D eigenvalue weighted by Crippen LogP contribution is -2.33. The van der Waals surface area contributed by atoms with Crippen LogP contribution in [0.2, 0.25) is 10.0 Å². The molecule has 2 N–H and O–H groups in total. The number of fused-ring (bicyclic) bond motifs is 2. The van der Waals surface area contributed by atoms with Crippen LogP contribution in [-0.2, 0) is 12.8 Å². The van der Waals surface area contributed by atoms with E-state index in [1.807, 2.05) is 27.7 Å². The minimum Gasteiger partial charge on any atom is -0.429 e. The van der Waals surface area contributed by atoms with Crippen LogP contribution in [0, 0.1) is 0 Å². The molecule has 2 aromatic carbocycles. The fourth-order valence-electron chi connectivity index (χ4n) is 5.08. The smallest absolute Gasteiger partial charge is 0.429 e. The lowest BCUT2D eigenvalue weighted by atomic mass is 10.1. The molecule has 0 bridgehead atoms. The van der Waals surface area contributed by atoms with E-state index in [2.05, 4.69) is 50.2 Å². The van der Waals surface area contributed by atoms with E-state index < -0.39 is 24.3 Å². The molecule has 0 saturated carbocycles. The van der Waals surface area contributed by atoms with E-state index in [0.29, 0.717) is 63.0 Å². The predicted octanol–water partition coefficient (Wildman–Crippen LogP) is 9.77. The van der Waals surface area contributed by atoms with Gasteiger partial charge in [0.1, 0.15) is 34.2 Å². The maximum absolute atomic E-state index is 13.2. The SMILES string of the molecule is CCc1nc2ncnn2c(NC(C)c2ccc(OC(F)(F)C(F)Cl)cc2)c1Cl.CCc1nc2ncnn2c(NC(C)c2ccc(OC(F)(F)C(F)F)cc2)c1Cl. The van der Waals surface area contributed by atoms with Gasteiger partial charge in [-0.25, -0.2) is 14.4 Å². The summed E-state index contributed by atoms with van der Waals surface area (Å²) in [6.07, 6.45) is -8.66. The van der Waals surface area contributed by atoms with Gasteiger partial charge in [0.2, 0.25) is 0 Å². The van der Waals surface area contributed by atoms with Gasteiger partial charge in [0.25, 0.3) is 17.2 Å². The van der Waals surface area contributed by atoms with Gasteiger partial charge in [-0.3, -0.25) is 0 Å². The molecular weight excluding hydrogens is 820 g/mol. The van der Waals surface area contributed by atoms with E-state index in [4.69, 9.17) is 34.8 Å². The Balaban J connectivity index is 0.000000214. The monoisotopic (exact) mass is 850 g/mol. The van der Waals surface area contributed by atoms with Gasteiger partial charge in [0.05, 0.1) is 11.4 Å². The van der Waals surface area contributed by atoms with Crippen molar-refractivity contribution in [3.8, 4) is 11.5 Å². The van der Waals surface area contributed by atoms with Crippen LogP contribution in [-0.4, -0.2) is 63.4 Å². The van der Waals surface area contributed by atoms with Gasteiger partial charge in [0.15, 0.2) is 11.6 Å². The Kier molecular flexibility index (Phi) is 13.2. The summed E-state index contributed by atoms with van der Waals surface area (Å²) in [6.45, 7) is 7.49. The van der Waals surface area contributed by atoms with Crippen LogP contribution in [0.25, 0.3) is 11.6 Å². The molecule has 0 aliphatic carbocycles. The summed E-state index contributed by atoms with van der Waals surface area (Å²) >= 11 is 17.6. The Morgan fingerprint density at radius 2 is 1.04 bits per heavy atom. The summed E-state index contributed by atoms with van der Waals surface area (Å²) in [6, 6.07) is 10.5. The number of nitrogens with one attached hydrogen (secondary N) is 2. The Morgan fingerprint density at radius 1 is 0.661 bits per heavy atom. The highest BCUT2D eigenvalue weighted by molar-refractivity contribution is 6.34. The quantitative estimate of drug-likeness (QED) is 0.0808. The topological polar surface area (TPSA) is 129 Å². The second-order valence-corrected chi connectivity index (χ2v) is 13.0. The van der Waals surface area contributed by atoms with Gasteiger partial charge < -0.3 is 20.1 Å². The van der Waals surface area contributed by atoms with Gasteiger partial charge in [-0.05, 0) is 62.1 Å². The van der Waals surface area contributed by atoms with Crippen molar-refractivity contribution >= 4 is 58.0 Å². The van der Waals surface area contributed by atoms with Gasteiger partial charge in [-0.15, -0.1) is 0 Å². The summed E-state index contributed by atoms with van der Waals surface area (Å²) < 4.78 is 101. The lowest BCUT2D eigenvalue weighted by Gasteiger charge is -2.20. The third-order valence-corrected chi connectivity index (χ3v) is 9.08. The van der Waals surface area contributed by atoms with Gasteiger partial charge in [0, 0.05) is 12.1 Å². The molecule has 0 fully saturated rings. The van der Waals surface area contributed by atoms with Crippen LogP contribution < -0.4 is 20.1 Å². The molecular formula is C34H32Cl3F7N10O2. The number of rotatable bonds is 14. The maximum atomic E-state index is 13.2. The van der Waals surface area contributed by atoms with Crippen LogP contribution in [0.1, 0.15) is 62.3 Å². The molecule has 0 radical (unpaired) electrons. The summed E-state index contributed by atoms with van der Waals surface area (Å²) in [7, 11) is 0. The van der Waals surface area contributed by atoms with Crippen molar-refractivity contribution in [3.63, 3.8) is 0 Å². The molecule has 4 aromatic heterocycles. The van der Waals surface area contributed by atoms with Crippen molar-refractivity contribution in [2.75, 3.05) is 10.6 Å². The first-order valence-electron chi connectivity index (χ1n) is 16.6. The standard InChI is InChI=1S/C17H16Cl2F3N5O.C17H16ClF4N5O/c2*1-3-12-13(18)14(27-16(26-12)23-8-24-27)25-9(2)10-4-6-11(7-5-10)28-17(21,22)15(19)20/h2*4-9,15,25H,3H2,1-2H3. The molecule has 4 heterocycles. The number of benzene rings is 2. The summed E-state index contributed by atoms with van der Waals surface area (Å²) in [4.78, 5) is 16.8. The van der Waals surface area contributed by atoms with E-state index in [1.165, 1.54) is 58.1 Å². The highest BCUT2D eigenvalue weighted by Gasteiger charge is 2.44. The number of hydrogen-bond acceptors (Lipinski definition) is 10. The van der Waals surface area contributed by atoms with E-state index >= 15 is 0 Å². The normalized spacial score (nSPS) is 13.6. The van der Waals surface area contributed by atoms with E-state index in [1.54, 1.807) is 12.1 Å². The van der Waals surface area contributed by atoms with Gasteiger partial charge in [-0.1, -0.05) is 72.9 Å². The number of aromatic nitrogens is 8. The fourth-order valence-corrected chi connectivity index (χ4v) is 5.75. The number of aryl methyl sites for hydroxylation is 2. The van der Waals surface area contributed by atoms with Crippen molar-refractivity contribution in [2.24, 2.45) is 0 Å². The summed E-state index contributed by atoms with van der Waals surface area (Å²) in [5, 5.41) is 15.5. The average Bonchev–Trinajstić information content (AvgIpc) is 3.84. The maximum Gasteiger partial charge on any atom is 0.461 e. The fraction of sp³-hybridized carbons (Fsp3) is 0.353. The van der Waals surface area contributed by atoms with Crippen LogP contribution in [0.5, 0.6) is 11.5 Å². The minimum atomic E-state index is -4.55. The number of hydrogen-bond donors (Lipinski definition) is 2. The van der Waals surface area contributed by atoms with Crippen LogP contribution in [0.15, 0.2) is 61.2 Å². The predicted molar refractivity (Wildman–Crippen MR) is 195 cm³/mol. The lowest BCUT2D eigenvalue weighted by molar-refractivity contribution is -0.253. The minimum absolute atomic E-state index is 0.210. The molecule has 56 heavy (non-hydrogen) atoms. The third kappa shape index (κ3) is 9.55. The molecule has 0 aliphatic heterocycles. The first-order valence-corrected chi connectivity index (χ1v) is 17.8. The molecule has 0 amide bonds. The van der Waals surface area contributed by atoms with Crippen molar-refractivity contribution in [1.29, 1.82) is 0 Å². The van der Waals surface area contributed by atoms with Gasteiger partial charge >= 0.3 is 18.6 Å². The molecule has 3 unspecified atom stereocenters. The number of anilines is 2. The van der Waals surface area contributed by atoms with E-state index in [-0.39, 0.29) is 23.6 Å². The highest BCUT2D eigenvalue weighted by Crippen LogP contribution is 2.33. The molecule has 0 aliphatic rings. The van der Waals surface area contributed by atoms with Crippen molar-refractivity contribution in [1.82, 2.24) is 39.2 Å². The highest BCUT2D eigenvalue weighted by atomic mass is 35.5. The first kappa shape index (κ1) is 42.3. The molecule has 0 saturated heterocycles. The van der Waals surface area contributed by atoms with Crippen LogP contribution >= 0.6 is 34.8 Å². The van der Waals surface area contributed by atoms with E-state index in [9.17, 15) is 30.7 Å². The second kappa shape index (κ2) is 17.5. The molecule has 6 aromatic rings. The zero-order valence-electron chi connectivity index (χ0n) is 29.7. The number of alkyl halides is 8. The largest absolute Gasteiger partial charge is 0.461 e. The molecule has 12 nitrogen and oxygen atoms in total. The Bertz CT molecular complexity index is 2090. The molecule has 6 rings (SSSR count). The molecule has 0 spiro atoms. The second-order valence-electron chi connectivity index (χ2n) is 11.9. The summed E-state index contributed by atoms with van der Waals surface area (Å²) in [5.74, 6) is 1.21. The Labute approximate surface area is 329 Å². The van der Waals surface area contributed by atoms with Crippen molar-refractivity contribution in [2.45, 2.75) is 76.9 Å². The number of nitrogens with zero attached hydrogens (tertiary/aromatic N) is 8. The Hall–Kier alpha value is -4.88. The zero-order valence-corrected chi connectivity index (χ0v) is 31.9. The molecule has 300 valence electrons. The number of halogens is 10. The molecule has 3 atom stereocenters. The summed E-state index contributed by atoms with van der Waals surface area (Å²) in [5.41, 5.74) is -0.191. The van der Waals surface area contributed by atoms with Crippen LogP contribution in [0.4, 0.5) is 42.4 Å². The third-order valence-electron chi connectivity index (χ3n) is 8.03. The van der Waals surface area contributed by atoms with Crippen molar-refractivity contribution in [3.05, 3.63) is 93.7 Å². The Morgan fingerprint density at radius 3 is 1.38 bits per heavy atom.